The Morgan fingerprint density at radius 3 is 2.08 bits per heavy atom. The van der Waals surface area contributed by atoms with Crippen molar-refractivity contribution < 1.29 is 19.5 Å². The number of hydrogen-bond donors (Lipinski definition) is 1. The number of amides is 4. The Morgan fingerprint density at radius 1 is 0.846 bits per heavy atom. The van der Waals surface area contributed by atoms with Crippen LogP contribution in [-0.4, -0.2) is 45.8 Å². The summed E-state index contributed by atoms with van der Waals surface area (Å²) in [5.74, 6) is -1.08. The van der Waals surface area contributed by atoms with Gasteiger partial charge in [-0.25, -0.2) is 4.79 Å². The average Bonchev–Trinajstić information content (AvgIpc) is 2.66. The van der Waals surface area contributed by atoms with Crippen molar-refractivity contribution in [2.24, 2.45) is 0 Å². The molecule has 0 spiro atoms. The highest BCUT2D eigenvalue weighted by molar-refractivity contribution is 6.14. The molecular weight excluding hydrogens is 332 g/mol. The molecule has 1 unspecified atom stereocenters. The van der Waals surface area contributed by atoms with Gasteiger partial charge < -0.3 is 5.11 Å². The van der Waals surface area contributed by atoms with Crippen molar-refractivity contribution in [1.29, 1.82) is 0 Å². The number of hydrogen-bond acceptors (Lipinski definition) is 4. The maximum atomic E-state index is 12.6. The van der Waals surface area contributed by atoms with Crippen LogP contribution in [-0.2, 0) is 16.0 Å². The van der Waals surface area contributed by atoms with Crippen molar-refractivity contribution in [2.75, 3.05) is 13.1 Å². The first-order valence-corrected chi connectivity index (χ1v) is 8.48. The topological polar surface area (TPSA) is 77.9 Å². The van der Waals surface area contributed by atoms with Gasteiger partial charge in [0.25, 0.3) is 0 Å². The first kappa shape index (κ1) is 17.8. The SMILES string of the molecule is O=C1CC(=O)N(CC(O)c2ccccc2)C(=O)N1CCc1ccccc1. The minimum atomic E-state index is -0.992. The number of carbonyl (C=O) groups excluding carboxylic acids is 3. The Morgan fingerprint density at radius 2 is 1.42 bits per heavy atom. The molecule has 0 radical (unpaired) electrons. The van der Waals surface area contributed by atoms with Gasteiger partial charge in [-0.15, -0.1) is 0 Å². The molecule has 6 heteroatoms. The largest absolute Gasteiger partial charge is 0.387 e. The van der Waals surface area contributed by atoms with Gasteiger partial charge >= 0.3 is 6.03 Å². The van der Waals surface area contributed by atoms with Crippen LogP contribution in [0.25, 0.3) is 0 Å². The minimum absolute atomic E-state index is 0.170. The van der Waals surface area contributed by atoms with Gasteiger partial charge in [-0.3, -0.25) is 19.4 Å². The summed E-state index contributed by atoms with van der Waals surface area (Å²) in [6, 6.07) is 17.6. The summed E-state index contributed by atoms with van der Waals surface area (Å²) in [4.78, 5) is 39.0. The normalized spacial score (nSPS) is 16.1. The zero-order valence-electron chi connectivity index (χ0n) is 14.2. The fraction of sp³-hybridized carbons (Fsp3) is 0.250. The Bertz CT molecular complexity index is 792. The van der Waals surface area contributed by atoms with E-state index in [0.29, 0.717) is 12.0 Å². The second-order valence-corrected chi connectivity index (χ2v) is 6.17. The zero-order chi connectivity index (χ0) is 18.5. The van der Waals surface area contributed by atoms with E-state index >= 15 is 0 Å². The van der Waals surface area contributed by atoms with E-state index < -0.39 is 23.9 Å². The molecule has 1 heterocycles. The number of barbiturate groups is 1. The molecule has 1 saturated heterocycles. The highest BCUT2D eigenvalue weighted by Gasteiger charge is 2.38. The molecule has 26 heavy (non-hydrogen) atoms. The van der Waals surface area contributed by atoms with E-state index in [1.165, 1.54) is 0 Å². The van der Waals surface area contributed by atoms with Gasteiger partial charge in [0, 0.05) is 6.54 Å². The third kappa shape index (κ3) is 3.97. The van der Waals surface area contributed by atoms with Gasteiger partial charge in [0.15, 0.2) is 0 Å². The molecule has 0 saturated carbocycles. The molecule has 2 aromatic rings. The maximum Gasteiger partial charge on any atom is 0.333 e. The fourth-order valence-corrected chi connectivity index (χ4v) is 2.92. The Balaban J connectivity index is 1.69. The van der Waals surface area contributed by atoms with Crippen LogP contribution in [0.4, 0.5) is 4.79 Å². The second-order valence-electron chi connectivity index (χ2n) is 6.17. The van der Waals surface area contributed by atoms with E-state index in [-0.39, 0.29) is 19.5 Å². The maximum absolute atomic E-state index is 12.6. The number of benzene rings is 2. The molecule has 0 bridgehead atoms. The highest BCUT2D eigenvalue weighted by atomic mass is 16.3. The van der Waals surface area contributed by atoms with E-state index in [4.69, 9.17) is 0 Å². The molecule has 6 nitrogen and oxygen atoms in total. The highest BCUT2D eigenvalue weighted by Crippen LogP contribution is 2.19. The van der Waals surface area contributed by atoms with Crippen molar-refractivity contribution in [3.05, 3.63) is 71.8 Å². The van der Waals surface area contributed by atoms with E-state index in [9.17, 15) is 19.5 Å². The number of rotatable bonds is 6. The summed E-state index contributed by atoms with van der Waals surface area (Å²) in [5, 5.41) is 10.3. The zero-order valence-corrected chi connectivity index (χ0v) is 14.2. The lowest BCUT2D eigenvalue weighted by Gasteiger charge is -2.33. The average molecular weight is 352 g/mol. The summed E-state index contributed by atoms with van der Waals surface area (Å²) in [6.07, 6.45) is -0.836. The number of urea groups is 1. The lowest BCUT2D eigenvalue weighted by molar-refractivity contribution is -0.143. The molecule has 0 aliphatic carbocycles. The number of imide groups is 2. The van der Waals surface area contributed by atoms with E-state index in [1.807, 2.05) is 36.4 Å². The van der Waals surface area contributed by atoms with Gasteiger partial charge in [0.05, 0.1) is 12.6 Å². The van der Waals surface area contributed by atoms with Crippen LogP contribution in [0.2, 0.25) is 0 Å². The summed E-state index contributed by atoms with van der Waals surface area (Å²) in [6.45, 7) is 0.0314. The Hall–Kier alpha value is -2.99. The van der Waals surface area contributed by atoms with E-state index in [1.54, 1.807) is 24.3 Å². The monoisotopic (exact) mass is 352 g/mol. The van der Waals surface area contributed by atoms with Gasteiger partial charge in [-0.1, -0.05) is 60.7 Å². The van der Waals surface area contributed by atoms with Crippen molar-refractivity contribution in [3.63, 3.8) is 0 Å². The number of nitrogens with zero attached hydrogens (tertiary/aromatic N) is 2. The van der Waals surface area contributed by atoms with Crippen molar-refractivity contribution in [2.45, 2.75) is 18.9 Å². The lowest BCUT2D eigenvalue weighted by atomic mass is 10.1. The second kappa shape index (κ2) is 7.93. The first-order valence-electron chi connectivity index (χ1n) is 8.48. The summed E-state index contributed by atoms with van der Waals surface area (Å²) >= 11 is 0. The third-order valence-electron chi connectivity index (χ3n) is 4.37. The Labute approximate surface area is 151 Å². The summed E-state index contributed by atoms with van der Waals surface area (Å²) < 4.78 is 0. The summed E-state index contributed by atoms with van der Waals surface area (Å²) in [5.41, 5.74) is 1.61. The van der Waals surface area contributed by atoms with Crippen LogP contribution in [0, 0.1) is 0 Å². The fourth-order valence-electron chi connectivity index (χ4n) is 2.92. The van der Waals surface area contributed by atoms with Crippen molar-refractivity contribution in [3.8, 4) is 0 Å². The van der Waals surface area contributed by atoms with Crippen LogP contribution in [0.5, 0.6) is 0 Å². The summed E-state index contributed by atoms with van der Waals surface area (Å²) in [7, 11) is 0. The standard InChI is InChI=1S/C20H20N2O4/c23-17(16-9-5-2-6-10-16)14-22-19(25)13-18(24)21(20(22)26)12-11-15-7-3-1-4-8-15/h1-10,17,23H,11-14H2. The molecule has 3 rings (SSSR count). The quantitative estimate of drug-likeness (QED) is 0.808. The van der Waals surface area contributed by atoms with E-state index in [2.05, 4.69) is 0 Å². The molecule has 1 aliphatic heterocycles. The molecular formula is C20H20N2O4. The number of carbonyl (C=O) groups is 3. The van der Waals surface area contributed by atoms with Gasteiger partial charge in [0.2, 0.25) is 11.8 Å². The van der Waals surface area contributed by atoms with Crippen molar-refractivity contribution in [1.82, 2.24) is 9.80 Å². The smallest absolute Gasteiger partial charge is 0.333 e. The molecule has 1 atom stereocenters. The number of β-amino-alcohol motifs (C(OH)–C–C–N with tert-alkyl or cyclic N) is 1. The van der Waals surface area contributed by atoms with Crippen LogP contribution in [0.15, 0.2) is 60.7 Å². The molecule has 134 valence electrons. The van der Waals surface area contributed by atoms with Gasteiger partial charge in [-0.2, -0.15) is 0 Å². The Kier molecular flexibility index (Phi) is 5.43. The first-order chi connectivity index (χ1) is 12.6. The molecule has 4 amide bonds. The third-order valence-corrected chi connectivity index (χ3v) is 4.37. The molecule has 2 aromatic carbocycles. The lowest BCUT2D eigenvalue weighted by Crippen LogP contribution is -2.56. The van der Waals surface area contributed by atoms with Crippen LogP contribution in [0.3, 0.4) is 0 Å². The van der Waals surface area contributed by atoms with E-state index in [0.717, 1.165) is 15.4 Å². The van der Waals surface area contributed by atoms with Gasteiger partial charge in [0.1, 0.15) is 6.42 Å². The van der Waals surface area contributed by atoms with Crippen LogP contribution in [0.1, 0.15) is 23.7 Å². The van der Waals surface area contributed by atoms with Crippen molar-refractivity contribution >= 4 is 17.8 Å². The predicted octanol–water partition coefficient (Wildman–Crippen LogP) is 2.14. The van der Waals surface area contributed by atoms with Gasteiger partial charge in [-0.05, 0) is 17.5 Å². The molecule has 0 aromatic heterocycles. The number of aliphatic hydroxyl groups excluding tert-OH is 1. The molecule has 1 fully saturated rings. The van der Waals surface area contributed by atoms with Crippen LogP contribution >= 0.6 is 0 Å². The minimum Gasteiger partial charge on any atom is -0.387 e. The predicted molar refractivity (Wildman–Crippen MR) is 95.0 cm³/mol. The van der Waals surface area contributed by atoms with Crippen LogP contribution < -0.4 is 0 Å². The molecule has 1 N–H and O–H groups in total. The molecule has 1 aliphatic rings. The number of aliphatic hydroxyl groups is 1.